The second-order valence-electron chi connectivity index (χ2n) is 6.75. The highest BCUT2D eigenvalue weighted by Gasteiger charge is 2.24. The number of Topliss-reactive ketones (excluding diaryl/α,β-unsaturated/α-hetero) is 1. The zero-order valence-corrected chi connectivity index (χ0v) is 17.5. The third-order valence-corrected chi connectivity index (χ3v) is 5.67. The molecule has 0 atom stereocenters. The first-order valence-corrected chi connectivity index (χ1v) is 10.1. The van der Waals surface area contributed by atoms with Crippen molar-refractivity contribution in [2.75, 3.05) is 0 Å². The minimum atomic E-state index is -0.0498. The molecule has 3 aromatic rings. The molecule has 0 bridgehead atoms. The number of hydrogen-bond donors (Lipinski definition) is 0. The number of nitrogens with zero attached hydrogens (tertiary/aromatic N) is 3. The van der Waals surface area contributed by atoms with Crippen molar-refractivity contribution in [1.82, 2.24) is 15.0 Å². The Bertz CT molecular complexity index is 1040. The highest BCUT2D eigenvalue weighted by molar-refractivity contribution is 9.10. The van der Waals surface area contributed by atoms with Crippen LogP contribution in [0, 0.1) is 6.92 Å². The van der Waals surface area contributed by atoms with Crippen LogP contribution in [0.2, 0.25) is 5.02 Å². The number of ether oxygens (including phenoxy) is 1. The molecule has 2 aromatic heterocycles. The van der Waals surface area contributed by atoms with Gasteiger partial charge >= 0.3 is 0 Å². The second-order valence-corrected chi connectivity index (χ2v) is 8.01. The summed E-state index contributed by atoms with van der Waals surface area (Å²) < 4.78 is 6.64. The van der Waals surface area contributed by atoms with E-state index in [0.29, 0.717) is 28.1 Å². The Morgan fingerprint density at radius 2 is 2.04 bits per heavy atom. The van der Waals surface area contributed by atoms with E-state index in [4.69, 9.17) is 16.3 Å². The fraction of sp³-hybridized carbons (Fsp3) is 0.238. The summed E-state index contributed by atoms with van der Waals surface area (Å²) in [5.74, 6) is 0.729. The van der Waals surface area contributed by atoms with Gasteiger partial charge < -0.3 is 4.74 Å². The SMILES string of the molecule is Cc1c(Br)cncc1C(=O)Cc1cnc(-c2cc(OC3CC3)ccc2Cl)cn1. The largest absolute Gasteiger partial charge is 0.490 e. The normalized spacial score (nSPS) is 13.4. The molecule has 2 heterocycles. The van der Waals surface area contributed by atoms with Crippen LogP contribution >= 0.6 is 27.5 Å². The van der Waals surface area contributed by atoms with Crippen LogP contribution in [0.15, 0.2) is 47.5 Å². The molecule has 0 unspecified atom stereocenters. The number of pyridine rings is 1. The van der Waals surface area contributed by atoms with Gasteiger partial charge in [0.15, 0.2) is 5.78 Å². The molecule has 1 saturated carbocycles. The first kappa shape index (κ1) is 19.0. The van der Waals surface area contributed by atoms with Crippen LogP contribution in [0.4, 0.5) is 0 Å². The number of hydrogen-bond acceptors (Lipinski definition) is 5. The van der Waals surface area contributed by atoms with Crippen molar-refractivity contribution >= 4 is 33.3 Å². The monoisotopic (exact) mass is 457 g/mol. The Labute approximate surface area is 176 Å². The molecule has 1 aromatic carbocycles. The maximum Gasteiger partial charge on any atom is 0.170 e. The first-order chi connectivity index (χ1) is 13.5. The summed E-state index contributed by atoms with van der Waals surface area (Å²) in [6.45, 7) is 1.88. The van der Waals surface area contributed by atoms with Gasteiger partial charge in [0.1, 0.15) is 5.75 Å². The van der Waals surface area contributed by atoms with E-state index < -0.39 is 0 Å². The summed E-state index contributed by atoms with van der Waals surface area (Å²) in [7, 11) is 0. The lowest BCUT2D eigenvalue weighted by molar-refractivity contribution is 0.0991. The molecule has 0 radical (unpaired) electrons. The van der Waals surface area contributed by atoms with Crippen LogP contribution in [0.5, 0.6) is 5.75 Å². The van der Waals surface area contributed by atoms with E-state index in [2.05, 4.69) is 30.9 Å². The number of aromatic nitrogens is 3. The van der Waals surface area contributed by atoms with Gasteiger partial charge in [-0.2, -0.15) is 0 Å². The topological polar surface area (TPSA) is 65.0 Å². The predicted octanol–water partition coefficient (Wildman–Crippen LogP) is 5.23. The van der Waals surface area contributed by atoms with Crippen LogP contribution in [-0.4, -0.2) is 26.8 Å². The van der Waals surface area contributed by atoms with Crippen molar-refractivity contribution in [1.29, 1.82) is 0 Å². The van der Waals surface area contributed by atoms with E-state index in [1.165, 1.54) is 0 Å². The predicted molar refractivity (Wildman–Crippen MR) is 111 cm³/mol. The van der Waals surface area contributed by atoms with E-state index in [1.54, 1.807) is 30.9 Å². The molecule has 5 nitrogen and oxygen atoms in total. The van der Waals surface area contributed by atoms with Crippen molar-refractivity contribution in [2.45, 2.75) is 32.3 Å². The standard InChI is InChI=1S/C21H17BrClN3O2/c1-12-17(9-24-10-18(12)22)21(27)6-13-8-26-20(11-25-13)16-7-15(4-5-19(16)23)28-14-2-3-14/h4-5,7-11,14H,2-3,6H2,1H3. The number of carbonyl (C=O) groups excluding carboxylic acids is 1. The van der Waals surface area contributed by atoms with Gasteiger partial charge in [-0.15, -0.1) is 0 Å². The molecule has 0 aliphatic heterocycles. The second kappa shape index (κ2) is 7.97. The number of benzene rings is 1. The van der Waals surface area contributed by atoms with Gasteiger partial charge in [-0.3, -0.25) is 19.7 Å². The van der Waals surface area contributed by atoms with Gasteiger partial charge in [-0.1, -0.05) is 11.6 Å². The van der Waals surface area contributed by atoms with Gasteiger partial charge in [0, 0.05) is 34.2 Å². The van der Waals surface area contributed by atoms with E-state index >= 15 is 0 Å². The minimum absolute atomic E-state index is 0.0498. The fourth-order valence-electron chi connectivity index (χ4n) is 2.78. The molecular formula is C21H17BrClN3O2. The van der Waals surface area contributed by atoms with E-state index in [-0.39, 0.29) is 12.2 Å². The highest BCUT2D eigenvalue weighted by Crippen LogP contribution is 2.33. The Balaban J connectivity index is 1.52. The minimum Gasteiger partial charge on any atom is -0.490 e. The summed E-state index contributed by atoms with van der Waals surface area (Å²) in [4.78, 5) is 25.5. The zero-order chi connectivity index (χ0) is 19.7. The Morgan fingerprint density at radius 3 is 2.75 bits per heavy atom. The maximum absolute atomic E-state index is 12.6. The number of carbonyl (C=O) groups is 1. The van der Waals surface area contributed by atoms with Crippen molar-refractivity contribution in [3.05, 3.63) is 69.3 Å². The van der Waals surface area contributed by atoms with Crippen molar-refractivity contribution in [3.63, 3.8) is 0 Å². The van der Waals surface area contributed by atoms with Crippen LogP contribution in [0.25, 0.3) is 11.3 Å². The number of ketones is 1. The molecule has 1 aliphatic carbocycles. The van der Waals surface area contributed by atoms with Crippen molar-refractivity contribution < 1.29 is 9.53 Å². The highest BCUT2D eigenvalue weighted by atomic mass is 79.9. The molecule has 0 amide bonds. The molecule has 0 spiro atoms. The summed E-state index contributed by atoms with van der Waals surface area (Å²) >= 11 is 9.73. The van der Waals surface area contributed by atoms with Gasteiger partial charge in [0.05, 0.1) is 35.1 Å². The quantitative estimate of drug-likeness (QED) is 0.473. The summed E-state index contributed by atoms with van der Waals surface area (Å²) in [5.41, 5.74) is 3.44. The third-order valence-electron chi connectivity index (χ3n) is 4.54. The molecule has 1 fully saturated rings. The zero-order valence-electron chi connectivity index (χ0n) is 15.2. The van der Waals surface area contributed by atoms with E-state index in [1.807, 2.05) is 19.1 Å². The molecule has 4 rings (SSSR count). The van der Waals surface area contributed by atoms with Gasteiger partial charge in [0.25, 0.3) is 0 Å². The lowest BCUT2D eigenvalue weighted by Crippen LogP contribution is -2.08. The fourth-order valence-corrected chi connectivity index (χ4v) is 3.32. The number of halogens is 2. The molecule has 7 heteroatoms. The van der Waals surface area contributed by atoms with Crippen molar-refractivity contribution in [3.8, 4) is 17.0 Å². The molecule has 28 heavy (non-hydrogen) atoms. The Morgan fingerprint density at radius 1 is 1.21 bits per heavy atom. The van der Waals surface area contributed by atoms with Crippen LogP contribution in [0.1, 0.15) is 34.5 Å². The summed E-state index contributed by atoms with van der Waals surface area (Å²) in [5, 5.41) is 0.581. The third kappa shape index (κ3) is 4.23. The maximum atomic E-state index is 12.6. The van der Waals surface area contributed by atoms with Gasteiger partial charge in [-0.25, -0.2) is 0 Å². The average molecular weight is 459 g/mol. The van der Waals surface area contributed by atoms with Crippen LogP contribution in [-0.2, 0) is 6.42 Å². The van der Waals surface area contributed by atoms with Crippen LogP contribution in [0.3, 0.4) is 0 Å². The molecule has 0 saturated heterocycles. The average Bonchev–Trinajstić information content (AvgIpc) is 3.50. The summed E-state index contributed by atoms with van der Waals surface area (Å²) in [6.07, 6.45) is 9.15. The van der Waals surface area contributed by atoms with Crippen LogP contribution < -0.4 is 4.74 Å². The Kier molecular flexibility index (Phi) is 5.42. The molecule has 1 aliphatic rings. The van der Waals surface area contributed by atoms with E-state index in [9.17, 15) is 4.79 Å². The van der Waals surface area contributed by atoms with Crippen molar-refractivity contribution in [2.24, 2.45) is 0 Å². The van der Waals surface area contributed by atoms with Gasteiger partial charge in [0.2, 0.25) is 0 Å². The first-order valence-electron chi connectivity index (χ1n) is 8.92. The number of rotatable bonds is 6. The molecule has 142 valence electrons. The molecule has 0 N–H and O–H groups in total. The lowest BCUT2D eigenvalue weighted by atomic mass is 10.0. The smallest absolute Gasteiger partial charge is 0.170 e. The Hall–Kier alpha value is -2.31. The van der Waals surface area contributed by atoms with Gasteiger partial charge in [-0.05, 0) is 59.5 Å². The van der Waals surface area contributed by atoms with E-state index in [0.717, 1.165) is 34.2 Å². The summed E-state index contributed by atoms with van der Waals surface area (Å²) in [6, 6.07) is 5.54. The molecular weight excluding hydrogens is 442 g/mol. The lowest BCUT2D eigenvalue weighted by Gasteiger charge is -2.09.